The molecule has 0 unspecified atom stereocenters. The van der Waals surface area contributed by atoms with Crippen LogP contribution in [0.25, 0.3) is 0 Å². The van der Waals surface area contributed by atoms with Crippen LogP contribution in [0.1, 0.15) is 13.3 Å². The molecule has 3 N–H and O–H groups in total. The monoisotopic (exact) mass is 270 g/mol. The van der Waals surface area contributed by atoms with Crippen LogP contribution in [0, 0.1) is 5.41 Å². The molecule has 0 aliphatic carbocycles. The smallest absolute Gasteiger partial charge is 0.142 e. The Morgan fingerprint density at radius 1 is 1.67 bits per heavy atom. The fourth-order valence-corrected chi connectivity index (χ4v) is 1.78. The molecule has 1 rings (SSSR count). The number of hydrogen-bond donors (Lipinski definition) is 2. The van der Waals surface area contributed by atoms with E-state index in [2.05, 4.69) is 32.7 Å². The minimum absolute atomic E-state index is 0.209. The summed E-state index contributed by atoms with van der Waals surface area (Å²) >= 11 is 3.46. The van der Waals surface area contributed by atoms with Gasteiger partial charge in [-0.05, 0) is 35.0 Å². The van der Waals surface area contributed by atoms with Gasteiger partial charge in [-0.1, -0.05) is 0 Å². The van der Waals surface area contributed by atoms with Gasteiger partial charge in [-0.15, -0.1) is 0 Å². The summed E-state index contributed by atoms with van der Waals surface area (Å²) < 4.78 is 0.968. The number of anilines is 1. The molecular formula is C10H15BrN4. The first-order valence-electron chi connectivity index (χ1n) is 4.83. The Labute approximate surface area is 98.1 Å². The van der Waals surface area contributed by atoms with Crippen molar-refractivity contribution in [3.63, 3.8) is 0 Å². The molecule has 0 aliphatic rings. The van der Waals surface area contributed by atoms with E-state index in [1.54, 1.807) is 6.20 Å². The number of rotatable bonds is 5. The SMILES string of the molecule is CCN(CCC(=N)N)c1ncccc1Br. The van der Waals surface area contributed by atoms with Crippen LogP contribution in [-0.4, -0.2) is 23.9 Å². The van der Waals surface area contributed by atoms with Gasteiger partial charge in [0.2, 0.25) is 0 Å². The largest absolute Gasteiger partial charge is 0.388 e. The van der Waals surface area contributed by atoms with Crippen molar-refractivity contribution in [3.8, 4) is 0 Å². The average molecular weight is 271 g/mol. The van der Waals surface area contributed by atoms with Gasteiger partial charge in [0.25, 0.3) is 0 Å². The third-order valence-corrected chi connectivity index (χ3v) is 2.69. The van der Waals surface area contributed by atoms with Gasteiger partial charge < -0.3 is 10.6 Å². The molecule has 15 heavy (non-hydrogen) atoms. The summed E-state index contributed by atoms with van der Waals surface area (Å²) in [6.45, 7) is 3.63. The predicted molar refractivity (Wildman–Crippen MR) is 66.4 cm³/mol. The van der Waals surface area contributed by atoms with Crippen LogP contribution < -0.4 is 10.6 Å². The minimum atomic E-state index is 0.209. The van der Waals surface area contributed by atoms with Crippen molar-refractivity contribution >= 4 is 27.6 Å². The lowest BCUT2D eigenvalue weighted by Gasteiger charge is -2.22. The second-order valence-corrected chi connectivity index (χ2v) is 4.02. The van der Waals surface area contributed by atoms with Gasteiger partial charge in [0.15, 0.2) is 0 Å². The van der Waals surface area contributed by atoms with E-state index < -0.39 is 0 Å². The summed E-state index contributed by atoms with van der Waals surface area (Å²) in [5.41, 5.74) is 5.34. The molecule has 1 aromatic rings. The summed E-state index contributed by atoms with van der Waals surface area (Å²) in [5.74, 6) is 1.11. The molecule has 5 heteroatoms. The van der Waals surface area contributed by atoms with Gasteiger partial charge in [-0.2, -0.15) is 0 Å². The fourth-order valence-electron chi connectivity index (χ4n) is 1.28. The molecule has 0 atom stereocenters. The van der Waals surface area contributed by atoms with Gasteiger partial charge in [-0.3, -0.25) is 5.41 Å². The van der Waals surface area contributed by atoms with Gasteiger partial charge >= 0.3 is 0 Å². The number of nitrogens with zero attached hydrogens (tertiary/aromatic N) is 2. The lowest BCUT2D eigenvalue weighted by Crippen LogP contribution is -2.28. The molecule has 0 aliphatic heterocycles. The lowest BCUT2D eigenvalue weighted by atomic mass is 10.3. The summed E-state index contributed by atoms with van der Waals surface area (Å²) in [5, 5.41) is 7.20. The molecule has 0 amide bonds. The van der Waals surface area contributed by atoms with Gasteiger partial charge in [0.05, 0.1) is 10.3 Å². The first kappa shape index (κ1) is 12.0. The molecule has 4 nitrogen and oxygen atoms in total. The van der Waals surface area contributed by atoms with E-state index in [1.807, 2.05) is 12.1 Å². The molecule has 0 fully saturated rings. The highest BCUT2D eigenvalue weighted by atomic mass is 79.9. The summed E-state index contributed by atoms with van der Waals surface area (Å²) in [6.07, 6.45) is 2.33. The van der Waals surface area contributed by atoms with Crippen molar-refractivity contribution in [1.82, 2.24) is 4.98 Å². The Kier molecular flexibility index (Phi) is 4.55. The third-order valence-electron chi connectivity index (χ3n) is 2.07. The number of halogens is 1. The molecule has 0 bridgehead atoms. The van der Waals surface area contributed by atoms with E-state index in [4.69, 9.17) is 11.1 Å². The Morgan fingerprint density at radius 2 is 2.40 bits per heavy atom. The number of pyridine rings is 1. The van der Waals surface area contributed by atoms with E-state index in [0.717, 1.165) is 23.4 Å². The maximum Gasteiger partial charge on any atom is 0.142 e. The molecule has 0 radical (unpaired) electrons. The molecule has 0 spiro atoms. The van der Waals surface area contributed by atoms with E-state index in [0.29, 0.717) is 6.42 Å². The van der Waals surface area contributed by atoms with Crippen LogP contribution in [-0.2, 0) is 0 Å². The second-order valence-electron chi connectivity index (χ2n) is 3.16. The molecule has 0 aromatic carbocycles. The maximum absolute atomic E-state index is 7.20. The van der Waals surface area contributed by atoms with Crippen molar-refractivity contribution < 1.29 is 0 Å². The Bertz CT molecular complexity index is 340. The number of nitrogens with one attached hydrogen (secondary N) is 1. The van der Waals surface area contributed by atoms with Gasteiger partial charge in [-0.25, -0.2) is 4.98 Å². The quantitative estimate of drug-likeness (QED) is 0.635. The zero-order valence-corrected chi connectivity index (χ0v) is 10.3. The summed E-state index contributed by atoms with van der Waals surface area (Å²) in [7, 11) is 0. The highest BCUT2D eigenvalue weighted by Gasteiger charge is 2.08. The van der Waals surface area contributed by atoms with Crippen molar-refractivity contribution in [2.45, 2.75) is 13.3 Å². The van der Waals surface area contributed by atoms with Crippen LogP contribution in [0.2, 0.25) is 0 Å². The van der Waals surface area contributed by atoms with Gasteiger partial charge in [0.1, 0.15) is 5.82 Å². The Balaban J connectivity index is 2.74. The Hall–Kier alpha value is -1.10. The minimum Gasteiger partial charge on any atom is -0.388 e. The summed E-state index contributed by atoms with van der Waals surface area (Å²) in [4.78, 5) is 6.38. The van der Waals surface area contributed by atoms with Crippen LogP contribution >= 0.6 is 15.9 Å². The zero-order valence-electron chi connectivity index (χ0n) is 8.70. The van der Waals surface area contributed by atoms with Crippen LogP contribution in [0.4, 0.5) is 5.82 Å². The van der Waals surface area contributed by atoms with E-state index in [9.17, 15) is 0 Å². The standard InChI is InChI=1S/C10H15BrN4/c1-2-15(7-5-9(12)13)10-8(11)4-3-6-14-10/h3-4,6H,2,5,7H2,1H3,(H3,12,13). The van der Waals surface area contributed by atoms with Crippen LogP contribution in [0.3, 0.4) is 0 Å². The van der Waals surface area contributed by atoms with Crippen molar-refractivity contribution in [2.75, 3.05) is 18.0 Å². The third kappa shape index (κ3) is 3.51. The zero-order chi connectivity index (χ0) is 11.3. The van der Waals surface area contributed by atoms with Crippen LogP contribution in [0.15, 0.2) is 22.8 Å². The first-order chi connectivity index (χ1) is 7.15. The number of amidine groups is 1. The van der Waals surface area contributed by atoms with E-state index >= 15 is 0 Å². The maximum atomic E-state index is 7.20. The molecule has 82 valence electrons. The van der Waals surface area contributed by atoms with E-state index in [1.165, 1.54) is 0 Å². The van der Waals surface area contributed by atoms with Crippen molar-refractivity contribution in [2.24, 2.45) is 5.73 Å². The van der Waals surface area contributed by atoms with Crippen molar-refractivity contribution in [1.29, 1.82) is 5.41 Å². The molecule has 1 heterocycles. The van der Waals surface area contributed by atoms with Crippen LogP contribution in [0.5, 0.6) is 0 Å². The highest BCUT2D eigenvalue weighted by Crippen LogP contribution is 2.22. The summed E-state index contributed by atoms with van der Waals surface area (Å²) in [6, 6.07) is 3.84. The molecule has 0 saturated heterocycles. The number of hydrogen-bond acceptors (Lipinski definition) is 3. The highest BCUT2D eigenvalue weighted by molar-refractivity contribution is 9.10. The fraction of sp³-hybridized carbons (Fsp3) is 0.400. The molecule has 1 aromatic heterocycles. The molecule has 0 saturated carbocycles. The molecular weight excluding hydrogens is 256 g/mol. The predicted octanol–water partition coefficient (Wildman–Crippen LogP) is 2.00. The lowest BCUT2D eigenvalue weighted by molar-refractivity contribution is 0.812. The van der Waals surface area contributed by atoms with E-state index in [-0.39, 0.29) is 5.84 Å². The topological polar surface area (TPSA) is 66.0 Å². The number of aromatic nitrogens is 1. The van der Waals surface area contributed by atoms with Crippen molar-refractivity contribution in [3.05, 3.63) is 22.8 Å². The second kappa shape index (κ2) is 5.70. The van der Waals surface area contributed by atoms with Gasteiger partial charge in [0, 0.05) is 25.7 Å². The first-order valence-corrected chi connectivity index (χ1v) is 5.62. The normalized spacial score (nSPS) is 10.0. The average Bonchev–Trinajstić information content (AvgIpc) is 2.21. The number of nitrogens with two attached hydrogens (primary N) is 1. The Morgan fingerprint density at radius 3 is 2.93 bits per heavy atom.